The van der Waals surface area contributed by atoms with Crippen LogP contribution in [-0.4, -0.2) is 33.2 Å². The fourth-order valence-electron chi connectivity index (χ4n) is 3.69. The van der Waals surface area contributed by atoms with Crippen LogP contribution in [-0.2, 0) is 16.0 Å². The molecule has 0 aliphatic carbocycles. The number of Topliss-reactive ketones (excluding diaryl/α,β-unsaturated/α-hetero) is 1. The van der Waals surface area contributed by atoms with Crippen molar-refractivity contribution in [2.45, 2.75) is 12.5 Å². The Kier molecular flexibility index (Phi) is 5.77. The second kappa shape index (κ2) is 8.63. The van der Waals surface area contributed by atoms with E-state index in [0.717, 1.165) is 15.6 Å². The molecule has 1 fully saturated rings. The Bertz CT molecular complexity index is 1110. The summed E-state index contributed by atoms with van der Waals surface area (Å²) in [6.45, 7) is 0.360. The van der Waals surface area contributed by atoms with Crippen LogP contribution in [0.2, 0.25) is 0 Å². The fourth-order valence-corrected chi connectivity index (χ4v) is 4.11. The summed E-state index contributed by atoms with van der Waals surface area (Å²) >= 11 is 3.46. The third kappa shape index (κ3) is 3.91. The molecule has 150 valence electrons. The van der Waals surface area contributed by atoms with Crippen molar-refractivity contribution in [3.05, 3.63) is 106 Å². The van der Waals surface area contributed by atoms with E-state index in [2.05, 4.69) is 20.9 Å². The molecule has 3 aromatic rings. The highest BCUT2D eigenvalue weighted by molar-refractivity contribution is 9.10. The van der Waals surface area contributed by atoms with E-state index in [1.165, 1.54) is 12.4 Å². The molecule has 0 radical (unpaired) electrons. The highest BCUT2D eigenvalue weighted by atomic mass is 79.9. The van der Waals surface area contributed by atoms with E-state index < -0.39 is 17.7 Å². The molecule has 1 amide bonds. The van der Waals surface area contributed by atoms with Crippen molar-refractivity contribution < 1.29 is 14.7 Å². The Labute approximate surface area is 182 Å². The lowest BCUT2D eigenvalue weighted by Gasteiger charge is -2.25. The Hall–Kier alpha value is -3.25. The maximum absolute atomic E-state index is 13.0. The van der Waals surface area contributed by atoms with Crippen molar-refractivity contribution in [1.82, 2.24) is 9.88 Å². The van der Waals surface area contributed by atoms with Gasteiger partial charge in [0.05, 0.1) is 11.6 Å². The second-order valence-corrected chi connectivity index (χ2v) is 7.93. The molecule has 4 rings (SSSR count). The van der Waals surface area contributed by atoms with E-state index in [9.17, 15) is 14.7 Å². The molecule has 1 atom stereocenters. The van der Waals surface area contributed by atoms with E-state index in [0.29, 0.717) is 18.5 Å². The average Bonchev–Trinajstić information content (AvgIpc) is 3.03. The lowest BCUT2D eigenvalue weighted by atomic mass is 9.95. The van der Waals surface area contributed by atoms with Crippen molar-refractivity contribution >= 4 is 33.4 Å². The SMILES string of the molecule is O=C1C(=O)N(CCc2ccccc2)C(c2cccc(Br)c2)C1=C(O)c1ccncc1. The number of rotatable bonds is 5. The number of carbonyl (C=O) groups is 2. The highest BCUT2D eigenvalue weighted by Gasteiger charge is 2.45. The molecule has 30 heavy (non-hydrogen) atoms. The molecule has 1 N–H and O–H groups in total. The molecule has 0 bridgehead atoms. The van der Waals surface area contributed by atoms with E-state index in [1.54, 1.807) is 17.0 Å². The van der Waals surface area contributed by atoms with Gasteiger partial charge in [-0.05, 0) is 41.8 Å². The van der Waals surface area contributed by atoms with Gasteiger partial charge in [0.2, 0.25) is 0 Å². The quantitative estimate of drug-likeness (QED) is 0.344. The summed E-state index contributed by atoms with van der Waals surface area (Å²) < 4.78 is 0.831. The van der Waals surface area contributed by atoms with Gasteiger partial charge in [-0.2, -0.15) is 0 Å². The van der Waals surface area contributed by atoms with Gasteiger partial charge < -0.3 is 10.0 Å². The maximum Gasteiger partial charge on any atom is 0.295 e. The number of aromatic nitrogens is 1. The summed E-state index contributed by atoms with van der Waals surface area (Å²) in [6.07, 6.45) is 3.68. The molecule has 0 spiro atoms. The topological polar surface area (TPSA) is 70.5 Å². The third-order valence-electron chi connectivity index (χ3n) is 5.14. The van der Waals surface area contributed by atoms with Gasteiger partial charge in [0.15, 0.2) is 0 Å². The molecule has 5 nitrogen and oxygen atoms in total. The second-order valence-electron chi connectivity index (χ2n) is 7.02. The predicted octanol–water partition coefficient (Wildman–Crippen LogP) is 4.51. The smallest absolute Gasteiger partial charge is 0.295 e. The number of nitrogens with zero attached hydrogens (tertiary/aromatic N) is 2. The number of hydrogen-bond acceptors (Lipinski definition) is 4. The van der Waals surface area contributed by atoms with Gasteiger partial charge in [0, 0.05) is 29.0 Å². The lowest BCUT2D eigenvalue weighted by Crippen LogP contribution is -2.31. The first-order chi connectivity index (χ1) is 14.6. The average molecular weight is 463 g/mol. The predicted molar refractivity (Wildman–Crippen MR) is 118 cm³/mol. The van der Waals surface area contributed by atoms with Crippen LogP contribution in [0.3, 0.4) is 0 Å². The van der Waals surface area contributed by atoms with Crippen LogP contribution in [0.4, 0.5) is 0 Å². The third-order valence-corrected chi connectivity index (χ3v) is 5.64. The van der Waals surface area contributed by atoms with E-state index in [-0.39, 0.29) is 11.3 Å². The van der Waals surface area contributed by atoms with Crippen molar-refractivity contribution in [3.8, 4) is 0 Å². The monoisotopic (exact) mass is 462 g/mol. The minimum atomic E-state index is -0.678. The van der Waals surface area contributed by atoms with Crippen LogP contribution in [0.1, 0.15) is 22.7 Å². The van der Waals surface area contributed by atoms with Gasteiger partial charge in [-0.3, -0.25) is 14.6 Å². The lowest BCUT2D eigenvalue weighted by molar-refractivity contribution is -0.139. The number of aliphatic hydroxyl groups excluding tert-OH is 1. The van der Waals surface area contributed by atoms with Gasteiger partial charge in [0.25, 0.3) is 11.7 Å². The van der Waals surface area contributed by atoms with Crippen molar-refractivity contribution in [2.75, 3.05) is 6.54 Å². The van der Waals surface area contributed by atoms with Crippen molar-refractivity contribution in [2.24, 2.45) is 0 Å². The van der Waals surface area contributed by atoms with Gasteiger partial charge in [-0.15, -0.1) is 0 Å². The number of carbonyl (C=O) groups excluding carboxylic acids is 2. The largest absolute Gasteiger partial charge is 0.507 e. The minimum Gasteiger partial charge on any atom is -0.507 e. The Morgan fingerprint density at radius 2 is 1.73 bits per heavy atom. The molecule has 1 aliphatic rings. The molecule has 1 saturated heterocycles. The standard InChI is InChI=1S/C24H19BrN2O3/c25-19-8-4-7-18(15-19)21-20(22(28)17-9-12-26-13-10-17)23(29)24(30)27(21)14-11-16-5-2-1-3-6-16/h1-10,12-13,15,21,28H,11,14H2. The molecule has 2 heterocycles. The zero-order chi connectivity index (χ0) is 21.1. The summed E-state index contributed by atoms with van der Waals surface area (Å²) in [5.74, 6) is -1.48. The summed E-state index contributed by atoms with van der Waals surface area (Å²) in [4.78, 5) is 31.4. The number of pyridine rings is 1. The van der Waals surface area contributed by atoms with Crippen LogP contribution in [0.25, 0.3) is 5.76 Å². The zero-order valence-electron chi connectivity index (χ0n) is 16.0. The van der Waals surface area contributed by atoms with Crippen LogP contribution >= 0.6 is 15.9 Å². The molecule has 1 aromatic heterocycles. The molecule has 1 aliphatic heterocycles. The van der Waals surface area contributed by atoms with Crippen LogP contribution in [0.15, 0.2) is 89.2 Å². The number of benzene rings is 2. The molecule has 2 aromatic carbocycles. The van der Waals surface area contributed by atoms with E-state index >= 15 is 0 Å². The number of likely N-dealkylation sites (tertiary alicyclic amines) is 1. The first-order valence-corrected chi connectivity index (χ1v) is 10.3. The van der Waals surface area contributed by atoms with Crippen molar-refractivity contribution in [1.29, 1.82) is 0 Å². The van der Waals surface area contributed by atoms with E-state index in [1.807, 2.05) is 54.6 Å². The van der Waals surface area contributed by atoms with E-state index in [4.69, 9.17) is 0 Å². The van der Waals surface area contributed by atoms with Gasteiger partial charge >= 0.3 is 0 Å². The van der Waals surface area contributed by atoms with Gasteiger partial charge in [-0.1, -0.05) is 58.4 Å². The van der Waals surface area contributed by atoms with Gasteiger partial charge in [0.1, 0.15) is 5.76 Å². The normalized spacial score (nSPS) is 18.0. The maximum atomic E-state index is 13.0. The Morgan fingerprint density at radius 3 is 2.43 bits per heavy atom. The first kappa shape index (κ1) is 20.0. The summed E-state index contributed by atoms with van der Waals surface area (Å²) in [7, 11) is 0. The number of halogens is 1. The number of ketones is 1. The molecule has 1 unspecified atom stereocenters. The van der Waals surface area contributed by atoms with Crippen LogP contribution < -0.4 is 0 Å². The van der Waals surface area contributed by atoms with Crippen molar-refractivity contribution in [3.63, 3.8) is 0 Å². The number of amides is 1. The Morgan fingerprint density at radius 1 is 1.00 bits per heavy atom. The Balaban J connectivity index is 1.79. The fraction of sp³-hybridized carbons (Fsp3) is 0.125. The number of hydrogen-bond donors (Lipinski definition) is 1. The summed E-state index contributed by atoms with van der Waals surface area (Å²) in [5, 5.41) is 11.0. The summed E-state index contributed by atoms with van der Waals surface area (Å²) in [6, 6.07) is 19.8. The molecule has 0 saturated carbocycles. The number of aliphatic hydroxyl groups is 1. The molecule has 6 heteroatoms. The van der Waals surface area contributed by atoms with Crippen LogP contribution in [0.5, 0.6) is 0 Å². The first-order valence-electron chi connectivity index (χ1n) is 9.54. The van der Waals surface area contributed by atoms with Crippen LogP contribution in [0, 0.1) is 0 Å². The molecular weight excluding hydrogens is 444 g/mol. The zero-order valence-corrected chi connectivity index (χ0v) is 17.6. The minimum absolute atomic E-state index is 0.0948. The van der Waals surface area contributed by atoms with Gasteiger partial charge in [-0.25, -0.2) is 0 Å². The summed E-state index contributed by atoms with van der Waals surface area (Å²) in [5.41, 5.74) is 2.37. The highest BCUT2D eigenvalue weighted by Crippen LogP contribution is 2.40. The molecular formula is C24H19BrN2O3.